The molecule has 1 fully saturated rings. The molecule has 2 N–H and O–H groups in total. The third kappa shape index (κ3) is 2.71. The smallest absolute Gasteiger partial charge is 0.242 e. The number of amides is 1. The van der Waals surface area contributed by atoms with E-state index >= 15 is 0 Å². The molecule has 1 aliphatic rings. The van der Waals surface area contributed by atoms with Gasteiger partial charge in [0.1, 0.15) is 0 Å². The summed E-state index contributed by atoms with van der Waals surface area (Å²) < 4.78 is 0. The first-order valence-electron chi connectivity index (χ1n) is 5.97. The lowest BCUT2D eigenvalue weighted by Gasteiger charge is -2.42. The largest absolute Gasteiger partial charge is 0.338 e. The van der Waals surface area contributed by atoms with Crippen molar-refractivity contribution in [1.29, 1.82) is 0 Å². The van der Waals surface area contributed by atoms with Gasteiger partial charge in [-0.2, -0.15) is 0 Å². The minimum atomic E-state index is -0.542. The summed E-state index contributed by atoms with van der Waals surface area (Å²) in [5.41, 5.74) is 5.53. The standard InChI is InChI=1S/C12H24N2O/c1-9(2)8-14(10(3)4)11(15)12(13)6-5-7-12/h9-10H,5-8,13H2,1-4H3. The quantitative estimate of drug-likeness (QED) is 0.772. The molecule has 0 aromatic heterocycles. The summed E-state index contributed by atoms with van der Waals surface area (Å²) in [5.74, 6) is 0.650. The van der Waals surface area contributed by atoms with Gasteiger partial charge in [0.15, 0.2) is 0 Å². The summed E-state index contributed by atoms with van der Waals surface area (Å²) >= 11 is 0. The second kappa shape index (κ2) is 4.52. The molecule has 0 heterocycles. The van der Waals surface area contributed by atoms with Crippen molar-refractivity contribution in [2.75, 3.05) is 6.54 Å². The van der Waals surface area contributed by atoms with Crippen LogP contribution in [0, 0.1) is 5.92 Å². The van der Waals surface area contributed by atoms with E-state index in [4.69, 9.17) is 5.73 Å². The van der Waals surface area contributed by atoms with Crippen LogP contribution in [0.15, 0.2) is 0 Å². The SMILES string of the molecule is CC(C)CN(C(=O)C1(N)CCC1)C(C)C. The summed E-state index contributed by atoms with van der Waals surface area (Å²) in [7, 11) is 0. The van der Waals surface area contributed by atoms with E-state index in [9.17, 15) is 4.79 Å². The third-order valence-electron chi connectivity index (χ3n) is 3.12. The minimum Gasteiger partial charge on any atom is -0.338 e. The Hall–Kier alpha value is -0.570. The molecule has 0 radical (unpaired) electrons. The van der Waals surface area contributed by atoms with Crippen molar-refractivity contribution in [1.82, 2.24) is 4.90 Å². The number of hydrogen-bond acceptors (Lipinski definition) is 2. The Kier molecular flexibility index (Phi) is 3.77. The van der Waals surface area contributed by atoms with Crippen LogP contribution in [-0.4, -0.2) is 28.9 Å². The van der Waals surface area contributed by atoms with Crippen molar-refractivity contribution in [3.63, 3.8) is 0 Å². The molecule has 88 valence electrons. The first-order chi connectivity index (χ1) is 6.87. The molecular weight excluding hydrogens is 188 g/mol. The number of carbonyl (C=O) groups is 1. The molecule has 0 aromatic rings. The summed E-state index contributed by atoms with van der Waals surface area (Å²) in [6.07, 6.45) is 2.80. The van der Waals surface area contributed by atoms with E-state index in [1.54, 1.807) is 0 Å². The first kappa shape index (κ1) is 12.5. The lowest BCUT2D eigenvalue weighted by Crippen LogP contribution is -2.61. The maximum Gasteiger partial charge on any atom is 0.242 e. The lowest BCUT2D eigenvalue weighted by atomic mass is 9.76. The monoisotopic (exact) mass is 212 g/mol. The van der Waals surface area contributed by atoms with Gasteiger partial charge >= 0.3 is 0 Å². The molecule has 1 aliphatic carbocycles. The summed E-state index contributed by atoms with van der Waals surface area (Å²) in [5, 5.41) is 0. The van der Waals surface area contributed by atoms with E-state index in [-0.39, 0.29) is 11.9 Å². The third-order valence-corrected chi connectivity index (χ3v) is 3.12. The molecule has 3 heteroatoms. The number of nitrogens with two attached hydrogens (primary N) is 1. The highest BCUT2D eigenvalue weighted by atomic mass is 16.2. The molecule has 1 saturated carbocycles. The predicted molar refractivity (Wildman–Crippen MR) is 62.5 cm³/mol. The van der Waals surface area contributed by atoms with Gasteiger partial charge in [-0.3, -0.25) is 4.79 Å². The van der Waals surface area contributed by atoms with Gasteiger partial charge in [-0.1, -0.05) is 13.8 Å². The maximum absolute atomic E-state index is 12.2. The van der Waals surface area contributed by atoms with Crippen LogP contribution in [-0.2, 0) is 4.79 Å². The second-order valence-electron chi connectivity index (χ2n) is 5.45. The summed E-state index contributed by atoms with van der Waals surface area (Å²) in [6, 6.07) is 0.251. The Bertz CT molecular complexity index is 232. The Morgan fingerprint density at radius 3 is 2.13 bits per heavy atom. The van der Waals surface area contributed by atoms with Crippen LogP contribution >= 0.6 is 0 Å². The highest BCUT2D eigenvalue weighted by Gasteiger charge is 2.43. The lowest BCUT2D eigenvalue weighted by molar-refractivity contribution is -0.142. The molecule has 0 aliphatic heterocycles. The average molecular weight is 212 g/mol. The zero-order chi connectivity index (χ0) is 11.6. The molecule has 1 rings (SSSR count). The van der Waals surface area contributed by atoms with Crippen molar-refractivity contribution in [2.24, 2.45) is 11.7 Å². The fourth-order valence-electron chi connectivity index (χ4n) is 1.98. The molecule has 0 spiro atoms. The zero-order valence-corrected chi connectivity index (χ0v) is 10.4. The Balaban J connectivity index is 2.67. The predicted octanol–water partition coefficient (Wildman–Crippen LogP) is 1.76. The van der Waals surface area contributed by atoms with Crippen LogP contribution in [0.3, 0.4) is 0 Å². The van der Waals surface area contributed by atoms with Crippen LogP contribution < -0.4 is 5.73 Å². The molecule has 15 heavy (non-hydrogen) atoms. The van der Waals surface area contributed by atoms with Crippen molar-refractivity contribution >= 4 is 5.91 Å². The van der Waals surface area contributed by atoms with Crippen molar-refractivity contribution in [3.05, 3.63) is 0 Å². The van der Waals surface area contributed by atoms with E-state index in [0.29, 0.717) is 5.92 Å². The molecule has 1 amide bonds. The summed E-state index contributed by atoms with van der Waals surface area (Å²) in [4.78, 5) is 14.2. The molecule has 0 unspecified atom stereocenters. The number of rotatable bonds is 4. The molecule has 3 nitrogen and oxygen atoms in total. The minimum absolute atomic E-state index is 0.150. The van der Waals surface area contributed by atoms with E-state index < -0.39 is 5.54 Å². The van der Waals surface area contributed by atoms with E-state index in [2.05, 4.69) is 27.7 Å². The number of hydrogen-bond donors (Lipinski definition) is 1. The zero-order valence-electron chi connectivity index (χ0n) is 10.4. The van der Waals surface area contributed by atoms with E-state index in [1.807, 2.05) is 4.90 Å². The first-order valence-corrected chi connectivity index (χ1v) is 5.97. The fraction of sp³-hybridized carbons (Fsp3) is 0.917. The molecular formula is C12H24N2O. The van der Waals surface area contributed by atoms with Gasteiger partial charge in [0.25, 0.3) is 0 Å². The van der Waals surface area contributed by atoms with Crippen molar-refractivity contribution in [2.45, 2.75) is 58.5 Å². The van der Waals surface area contributed by atoms with Gasteiger partial charge in [0, 0.05) is 12.6 Å². The molecule has 0 aromatic carbocycles. The Labute approximate surface area is 93.0 Å². The second-order valence-corrected chi connectivity index (χ2v) is 5.45. The van der Waals surface area contributed by atoms with Crippen LogP contribution in [0.5, 0.6) is 0 Å². The molecule has 0 atom stereocenters. The highest BCUT2D eigenvalue weighted by molar-refractivity contribution is 5.87. The van der Waals surface area contributed by atoms with Gasteiger partial charge in [-0.25, -0.2) is 0 Å². The van der Waals surface area contributed by atoms with Crippen LogP contribution in [0.2, 0.25) is 0 Å². The van der Waals surface area contributed by atoms with Gasteiger partial charge in [-0.15, -0.1) is 0 Å². The fourth-order valence-corrected chi connectivity index (χ4v) is 1.98. The van der Waals surface area contributed by atoms with Gasteiger partial charge in [0.2, 0.25) is 5.91 Å². The molecule has 0 saturated heterocycles. The van der Waals surface area contributed by atoms with E-state index in [0.717, 1.165) is 25.8 Å². The Morgan fingerprint density at radius 1 is 1.33 bits per heavy atom. The number of nitrogens with zero attached hydrogens (tertiary/aromatic N) is 1. The maximum atomic E-state index is 12.2. The Morgan fingerprint density at radius 2 is 1.87 bits per heavy atom. The average Bonchev–Trinajstić information content (AvgIpc) is 2.08. The van der Waals surface area contributed by atoms with Gasteiger partial charge < -0.3 is 10.6 Å². The topological polar surface area (TPSA) is 46.3 Å². The van der Waals surface area contributed by atoms with Crippen LogP contribution in [0.25, 0.3) is 0 Å². The van der Waals surface area contributed by atoms with Gasteiger partial charge in [-0.05, 0) is 39.0 Å². The van der Waals surface area contributed by atoms with Gasteiger partial charge in [0.05, 0.1) is 5.54 Å². The highest BCUT2D eigenvalue weighted by Crippen LogP contribution is 2.31. The molecule has 0 bridgehead atoms. The van der Waals surface area contributed by atoms with E-state index in [1.165, 1.54) is 0 Å². The van der Waals surface area contributed by atoms with Crippen LogP contribution in [0.4, 0.5) is 0 Å². The number of carbonyl (C=O) groups excluding carboxylic acids is 1. The summed E-state index contributed by atoms with van der Waals surface area (Å²) in [6.45, 7) is 9.19. The van der Waals surface area contributed by atoms with Crippen molar-refractivity contribution < 1.29 is 4.79 Å². The van der Waals surface area contributed by atoms with Crippen LogP contribution in [0.1, 0.15) is 47.0 Å². The van der Waals surface area contributed by atoms with Crippen molar-refractivity contribution in [3.8, 4) is 0 Å². The normalized spacial score (nSPS) is 19.1.